The lowest BCUT2D eigenvalue weighted by molar-refractivity contribution is 0.0948. The molecule has 0 unspecified atom stereocenters. The molecule has 0 aliphatic heterocycles. The normalized spacial score (nSPS) is 11.1. The van der Waals surface area contributed by atoms with Crippen molar-refractivity contribution in [2.24, 2.45) is 0 Å². The summed E-state index contributed by atoms with van der Waals surface area (Å²) in [5, 5.41) is 6.99. The van der Waals surface area contributed by atoms with Crippen molar-refractivity contribution in [3.63, 3.8) is 0 Å². The summed E-state index contributed by atoms with van der Waals surface area (Å²) < 4.78 is 3.99. The van der Waals surface area contributed by atoms with Crippen LogP contribution in [0.4, 0.5) is 0 Å². The van der Waals surface area contributed by atoms with Gasteiger partial charge in [0.05, 0.1) is 5.52 Å². The first-order valence-corrected chi connectivity index (χ1v) is 10.8. The Morgan fingerprint density at radius 1 is 1.10 bits per heavy atom. The summed E-state index contributed by atoms with van der Waals surface area (Å²) in [6, 6.07) is 11.7. The standard InChI is InChI=1S/C23H20N6OS/c1-16-26-19(14-28(16)13-17-5-8-24-9-6-17)22-27-21(20-4-2-3-10-29(20)22)23(30)25-12-18-7-11-31-15-18/h2-11,14-15H,12-13H2,1H3,(H,25,30). The van der Waals surface area contributed by atoms with Gasteiger partial charge in [0.15, 0.2) is 11.5 Å². The molecule has 0 spiro atoms. The van der Waals surface area contributed by atoms with Gasteiger partial charge in [-0.2, -0.15) is 11.3 Å². The van der Waals surface area contributed by atoms with E-state index in [1.807, 2.05) is 70.9 Å². The zero-order valence-electron chi connectivity index (χ0n) is 16.9. The molecule has 1 N–H and O–H groups in total. The van der Waals surface area contributed by atoms with Gasteiger partial charge in [0.2, 0.25) is 0 Å². The van der Waals surface area contributed by atoms with E-state index in [9.17, 15) is 4.79 Å². The molecule has 0 aliphatic carbocycles. The van der Waals surface area contributed by atoms with Crippen molar-refractivity contribution in [1.82, 2.24) is 29.2 Å². The largest absolute Gasteiger partial charge is 0.347 e. The maximum absolute atomic E-state index is 12.9. The molecule has 154 valence electrons. The Kier molecular flexibility index (Phi) is 5.05. The van der Waals surface area contributed by atoms with Crippen LogP contribution in [-0.4, -0.2) is 29.8 Å². The average Bonchev–Trinajstić information content (AvgIpc) is 3.52. The fourth-order valence-electron chi connectivity index (χ4n) is 3.51. The van der Waals surface area contributed by atoms with Crippen LogP contribution in [0.3, 0.4) is 0 Å². The van der Waals surface area contributed by atoms with E-state index in [0.29, 0.717) is 24.6 Å². The van der Waals surface area contributed by atoms with Gasteiger partial charge in [-0.05, 0) is 59.1 Å². The summed E-state index contributed by atoms with van der Waals surface area (Å²) in [5.74, 6) is 1.32. The number of carbonyl (C=O) groups is 1. The highest BCUT2D eigenvalue weighted by Crippen LogP contribution is 2.23. The minimum atomic E-state index is -0.200. The maximum atomic E-state index is 12.9. The van der Waals surface area contributed by atoms with Gasteiger partial charge in [-0.15, -0.1) is 0 Å². The third-order valence-corrected chi connectivity index (χ3v) is 5.84. The number of aryl methyl sites for hydroxylation is 1. The molecule has 0 atom stereocenters. The number of nitrogens with one attached hydrogen (secondary N) is 1. The van der Waals surface area contributed by atoms with Gasteiger partial charge < -0.3 is 9.88 Å². The van der Waals surface area contributed by atoms with E-state index in [1.54, 1.807) is 23.7 Å². The second-order valence-electron chi connectivity index (χ2n) is 7.21. The maximum Gasteiger partial charge on any atom is 0.272 e. The third kappa shape index (κ3) is 3.85. The van der Waals surface area contributed by atoms with E-state index in [-0.39, 0.29) is 5.91 Å². The highest BCUT2D eigenvalue weighted by Gasteiger charge is 2.20. The molecule has 0 aromatic carbocycles. The fourth-order valence-corrected chi connectivity index (χ4v) is 4.17. The van der Waals surface area contributed by atoms with Crippen molar-refractivity contribution >= 4 is 22.8 Å². The summed E-state index contributed by atoms with van der Waals surface area (Å²) in [7, 11) is 0. The molecule has 1 amide bonds. The van der Waals surface area contributed by atoms with Gasteiger partial charge in [0.1, 0.15) is 11.5 Å². The van der Waals surface area contributed by atoms with Crippen molar-refractivity contribution in [2.75, 3.05) is 0 Å². The van der Waals surface area contributed by atoms with E-state index in [2.05, 4.69) is 19.9 Å². The van der Waals surface area contributed by atoms with E-state index in [0.717, 1.165) is 28.2 Å². The molecule has 0 saturated heterocycles. The number of thiophene rings is 1. The van der Waals surface area contributed by atoms with Crippen LogP contribution in [0.2, 0.25) is 0 Å². The van der Waals surface area contributed by atoms with E-state index < -0.39 is 0 Å². The number of fused-ring (bicyclic) bond motifs is 1. The Bertz CT molecular complexity index is 1340. The van der Waals surface area contributed by atoms with Crippen molar-refractivity contribution in [3.05, 3.63) is 94.6 Å². The quantitative estimate of drug-likeness (QED) is 0.444. The van der Waals surface area contributed by atoms with Crippen molar-refractivity contribution in [1.29, 1.82) is 0 Å². The van der Waals surface area contributed by atoms with Gasteiger partial charge in [0.25, 0.3) is 5.91 Å². The summed E-state index contributed by atoms with van der Waals surface area (Å²) >= 11 is 1.61. The average molecular weight is 429 g/mol. The smallest absolute Gasteiger partial charge is 0.272 e. The molecular formula is C23H20N6OS. The molecule has 31 heavy (non-hydrogen) atoms. The molecule has 5 heterocycles. The second-order valence-corrected chi connectivity index (χ2v) is 7.99. The Morgan fingerprint density at radius 3 is 2.77 bits per heavy atom. The van der Waals surface area contributed by atoms with Gasteiger partial charge in [-0.1, -0.05) is 6.07 Å². The monoisotopic (exact) mass is 428 g/mol. The van der Waals surface area contributed by atoms with Crippen molar-refractivity contribution in [2.45, 2.75) is 20.0 Å². The summed E-state index contributed by atoms with van der Waals surface area (Å²) in [5.41, 5.74) is 4.09. The Morgan fingerprint density at radius 2 is 1.97 bits per heavy atom. The fraction of sp³-hybridized carbons (Fsp3) is 0.130. The first-order valence-electron chi connectivity index (χ1n) is 9.88. The van der Waals surface area contributed by atoms with Gasteiger partial charge in [-0.3, -0.25) is 14.2 Å². The highest BCUT2D eigenvalue weighted by atomic mass is 32.1. The lowest BCUT2D eigenvalue weighted by Crippen LogP contribution is -2.23. The summed E-state index contributed by atoms with van der Waals surface area (Å²) in [4.78, 5) is 26.4. The summed E-state index contributed by atoms with van der Waals surface area (Å²) in [6.07, 6.45) is 7.45. The first kappa shape index (κ1) is 19.2. The van der Waals surface area contributed by atoms with E-state index in [4.69, 9.17) is 4.98 Å². The molecule has 0 saturated carbocycles. The van der Waals surface area contributed by atoms with Crippen LogP contribution in [0.1, 0.15) is 27.4 Å². The Hall–Kier alpha value is -3.78. The van der Waals surface area contributed by atoms with Gasteiger partial charge in [0, 0.05) is 37.9 Å². The predicted molar refractivity (Wildman–Crippen MR) is 120 cm³/mol. The highest BCUT2D eigenvalue weighted by molar-refractivity contribution is 7.07. The second kappa shape index (κ2) is 8.16. The minimum absolute atomic E-state index is 0.200. The lowest BCUT2D eigenvalue weighted by Gasteiger charge is -2.03. The minimum Gasteiger partial charge on any atom is -0.347 e. The number of aromatic nitrogens is 5. The van der Waals surface area contributed by atoms with Crippen LogP contribution in [0.15, 0.2) is 71.9 Å². The molecule has 5 aromatic heterocycles. The number of imidazole rings is 2. The van der Waals surface area contributed by atoms with Crippen LogP contribution in [-0.2, 0) is 13.1 Å². The number of rotatable bonds is 6. The molecule has 8 heteroatoms. The third-order valence-electron chi connectivity index (χ3n) is 5.10. The number of carbonyl (C=O) groups excluding carboxylic acids is 1. The molecule has 0 radical (unpaired) electrons. The van der Waals surface area contributed by atoms with Crippen LogP contribution in [0.5, 0.6) is 0 Å². The van der Waals surface area contributed by atoms with Crippen molar-refractivity contribution < 1.29 is 4.79 Å². The zero-order valence-corrected chi connectivity index (χ0v) is 17.7. The van der Waals surface area contributed by atoms with Crippen LogP contribution in [0.25, 0.3) is 17.0 Å². The topological polar surface area (TPSA) is 77.1 Å². The van der Waals surface area contributed by atoms with E-state index >= 15 is 0 Å². The molecular weight excluding hydrogens is 408 g/mol. The Balaban J connectivity index is 1.48. The molecule has 5 aromatic rings. The molecule has 0 aliphatic rings. The number of hydrogen-bond acceptors (Lipinski definition) is 5. The van der Waals surface area contributed by atoms with E-state index in [1.165, 1.54) is 0 Å². The number of nitrogens with zero attached hydrogens (tertiary/aromatic N) is 5. The van der Waals surface area contributed by atoms with Gasteiger partial charge >= 0.3 is 0 Å². The number of hydrogen-bond donors (Lipinski definition) is 1. The molecule has 0 bridgehead atoms. The number of pyridine rings is 2. The van der Waals surface area contributed by atoms with Crippen LogP contribution in [0, 0.1) is 6.92 Å². The first-order chi connectivity index (χ1) is 15.2. The molecule has 5 rings (SSSR count). The van der Waals surface area contributed by atoms with Crippen LogP contribution >= 0.6 is 11.3 Å². The zero-order chi connectivity index (χ0) is 21.2. The van der Waals surface area contributed by atoms with Crippen LogP contribution < -0.4 is 5.32 Å². The molecule has 0 fully saturated rings. The summed E-state index contributed by atoms with van der Waals surface area (Å²) in [6.45, 7) is 3.14. The predicted octanol–water partition coefficient (Wildman–Crippen LogP) is 3.94. The van der Waals surface area contributed by atoms with Gasteiger partial charge in [-0.25, -0.2) is 9.97 Å². The SMILES string of the molecule is Cc1nc(-c2nc(C(=O)NCc3ccsc3)c3ccccn23)cn1Cc1ccncc1. The Labute approximate surface area is 183 Å². The molecule has 7 nitrogen and oxygen atoms in total. The lowest BCUT2D eigenvalue weighted by atomic mass is 10.3. The number of amides is 1. The van der Waals surface area contributed by atoms with Crippen molar-refractivity contribution in [3.8, 4) is 11.5 Å².